The molecule has 17 heavy (non-hydrogen) atoms. The van der Waals surface area contributed by atoms with Crippen LogP contribution in [0.5, 0.6) is 0 Å². The lowest BCUT2D eigenvalue weighted by atomic mass is 10.0. The van der Waals surface area contributed by atoms with Crippen LogP contribution >= 0.6 is 0 Å². The molecule has 0 atom stereocenters. The van der Waals surface area contributed by atoms with Crippen molar-refractivity contribution in [2.75, 3.05) is 12.4 Å². The second-order valence-electron chi connectivity index (χ2n) is 4.30. The second kappa shape index (κ2) is 6.09. The van der Waals surface area contributed by atoms with Crippen molar-refractivity contribution in [2.45, 2.75) is 26.3 Å². The lowest BCUT2D eigenvalue weighted by molar-refractivity contribution is -0.120. The molecule has 0 aliphatic rings. The maximum absolute atomic E-state index is 11.6. The van der Waals surface area contributed by atoms with Crippen LogP contribution in [0.15, 0.2) is 30.8 Å². The molecule has 3 heteroatoms. The molecule has 2 N–H and O–H groups in total. The van der Waals surface area contributed by atoms with Gasteiger partial charge in [-0.3, -0.25) is 4.79 Å². The van der Waals surface area contributed by atoms with Crippen molar-refractivity contribution in [3.8, 4) is 0 Å². The first kappa shape index (κ1) is 13.3. The molecule has 0 unspecified atom stereocenters. The SMILES string of the molecule is C=C(CC(=O)NC(C)C)c1ccccc1NC. The van der Waals surface area contributed by atoms with E-state index in [2.05, 4.69) is 17.2 Å². The zero-order chi connectivity index (χ0) is 12.8. The lowest BCUT2D eigenvalue weighted by Crippen LogP contribution is -2.29. The molecule has 92 valence electrons. The summed E-state index contributed by atoms with van der Waals surface area (Å²) >= 11 is 0. The third kappa shape index (κ3) is 3.94. The third-order valence-electron chi connectivity index (χ3n) is 2.40. The van der Waals surface area contributed by atoms with E-state index in [1.165, 1.54) is 0 Å². The van der Waals surface area contributed by atoms with E-state index < -0.39 is 0 Å². The number of carbonyl (C=O) groups is 1. The summed E-state index contributed by atoms with van der Waals surface area (Å²) in [7, 11) is 1.86. The Morgan fingerprint density at radius 2 is 2.00 bits per heavy atom. The van der Waals surface area contributed by atoms with E-state index in [4.69, 9.17) is 0 Å². The summed E-state index contributed by atoms with van der Waals surface area (Å²) < 4.78 is 0. The van der Waals surface area contributed by atoms with Crippen LogP contribution in [0.3, 0.4) is 0 Å². The maximum atomic E-state index is 11.6. The summed E-state index contributed by atoms with van der Waals surface area (Å²) in [5.41, 5.74) is 2.82. The van der Waals surface area contributed by atoms with Crippen LogP contribution in [0.2, 0.25) is 0 Å². The topological polar surface area (TPSA) is 41.1 Å². The highest BCUT2D eigenvalue weighted by Crippen LogP contribution is 2.24. The van der Waals surface area contributed by atoms with E-state index in [9.17, 15) is 4.79 Å². The number of carbonyl (C=O) groups excluding carboxylic acids is 1. The predicted molar refractivity (Wildman–Crippen MR) is 72.9 cm³/mol. The van der Waals surface area contributed by atoms with Crippen molar-refractivity contribution in [1.29, 1.82) is 0 Å². The number of hydrogen-bond donors (Lipinski definition) is 2. The molecule has 1 amide bonds. The first-order valence-corrected chi connectivity index (χ1v) is 5.79. The van der Waals surface area contributed by atoms with Crippen LogP contribution in [0.25, 0.3) is 5.57 Å². The van der Waals surface area contributed by atoms with E-state index in [0.29, 0.717) is 6.42 Å². The molecule has 0 aromatic heterocycles. The normalized spacial score (nSPS) is 10.1. The zero-order valence-corrected chi connectivity index (χ0v) is 10.7. The maximum Gasteiger partial charge on any atom is 0.224 e. The zero-order valence-electron chi connectivity index (χ0n) is 10.7. The van der Waals surface area contributed by atoms with Gasteiger partial charge in [0.15, 0.2) is 0 Å². The van der Waals surface area contributed by atoms with E-state index in [0.717, 1.165) is 16.8 Å². The molecule has 0 bridgehead atoms. The Morgan fingerprint density at radius 3 is 2.59 bits per heavy atom. The average Bonchev–Trinajstić information content (AvgIpc) is 2.27. The van der Waals surface area contributed by atoms with Crippen molar-refractivity contribution in [3.05, 3.63) is 36.4 Å². The number of rotatable bonds is 5. The van der Waals surface area contributed by atoms with Gasteiger partial charge in [-0.05, 0) is 25.5 Å². The summed E-state index contributed by atoms with van der Waals surface area (Å²) in [6.07, 6.45) is 0.330. The summed E-state index contributed by atoms with van der Waals surface area (Å²) in [5.74, 6) is 0.0101. The fourth-order valence-electron chi connectivity index (χ4n) is 1.67. The Labute approximate surface area is 103 Å². The number of amides is 1. The first-order valence-electron chi connectivity index (χ1n) is 5.79. The monoisotopic (exact) mass is 232 g/mol. The Hall–Kier alpha value is -1.77. The third-order valence-corrected chi connectivity index (χ3v) is 2.40. The van der Waals surface area contributed by atoms with Crippen LogP contribution < -0.4 is 10.6 Å². The molecule has 0 heterocycles. The Morgan fingerprint density at radius 1 is 1.35 bits per heavy atom. The quantitative estimate of drug-likeness (QED) is 0.819. The molecule has 0 aliphatic carbocycles. The van der Waals surface area contributed by atoms with Gasteiger partial charge in [-0.15, -0.1) is 0 Å². The molecule has 0 saturated carbocycles. The van der Waals surface area contributed by atoms with Crippen molar-refractivity contribution in [3.63, 3.8) is 0 Å². The van der Waals surface area contributed by atoms with E-state index in [1.807, 2.05) is 45.2 Å². The standard InChI is InChI=1S/C14H20N2O/c1-10(2)16-14(17)9-11(3)12-7-5-6-8-13(12)15-4/h5-8,10,15H,3,9H2,1-2,4H3,(H,16,17). The van der Waals surface area contributed by atoms with Gasteiger partial charge in [-0.25, -0.2) is 0 Å². The van der Waals surface area contributed by atoms with Crippen LogP contribution in [0, 0.1) is 0 Å². The predicted octanol–water partition coefficient (Wildman–Crippen LogP) is 2.66. The van der Waals surface area contributed by atoms with E-state index in [1.54, 1.807) is 0 Å². The minimum Gasteiger partial charge on any atom is -0.388 e. The fraction of sp³-hybridized carbons (Fsp3) is 0.357. The molecule has 0 spiro atoms. The molecule has 1 rings (SSSR count). The number of hydrogen-bond acceptors (Lipinski definition) is 2. The summed E-state index contributed by atoms with van der Waals surface area (Å²) in [6, 6.07) is 8.01. The Balaban J connectivity index is 2.73. The molecular weight excluding hydrogens is 212 g/mol. The van der Waals surface area contributed by atoms with Gasteiger partial charge in [0.05, 0.1) is 6.42 Å². The summed E-state index contributed by atoms with van der Waals surface area (Å²) in [5, 5.41) is 5.96. The van der Waals surface area contributed by atoms with E-state index in [-0.39, 0.29) is 11.9 Å². The highest BCUT2D eigenvalue weighted by Gasteiger charge is 2.09. The average molecular weight is 232 g/mol. The smallest absolute Gasteiger partial charge is 0.224 e. The molecular formula is C14H20N2O. The summed E-state index contributed by atoms with van der Waals surface area (Å²) in [6.45, 7) is 7.87. The van der Waals surface area contributed by atoms with Crippen molar-refractivity contribution < 1.29 is 4.79 Å². The second-order valence-corrected chi connectivity index (χ2v) is 4.30. The molecule has 0 saturated heterocycles. The van der Waals surface area contributed by atoms with Gasteiger partial charge >= 0.3 is 0 Å². The van der Waals surface area contributed by atoms with Gasteiger partial charge in [-0.2, -0.15) is 0 Å². The van der Waals surface area contributed by atoms with Crippen molar-refractivity contribution >= 4 is 17.2 Å². The van der Waals surface area contributed by atoms with E-state index >= 15 is 0 Å². The Bertz CT molecular complexity index is 410. The van der Waals surface area contributed by atoms with Crippen LogP contribution in [-0.2, 0) is 4.79 Å². The molecule has 3 nitrogen and oxygen atoms in total. The van der Waals surface area contributed by atoms with Gasteiger partial charge in [0.2, 0.25) is 5.91 Å². The molecule has 1 aromatic carbocycles. The van der Waals surface area contributed by atoms with Gasteiger partial charge in [0.25, 0.3) is 0 Å². The Kier molecular flexibility index (Phi) is 4.76. The highest BCUT2D eigenvalue weighted by molar-refractivity contribution is 5.90. The van der Waals surface area contributed by atoms with Crippen molar-refractivity contribution in [1.82, 2.24) is 5.32 Å². The van der Waals surface area contributed by atoms with Crippen LogP contribution in [0.1, 0.15) is 25.8 Å². The van der Waals surface area contributed by atoms with Crippen LogP contribution in [-0.4, -0.2) is 19.0 Å². The van der Waals surface area contributed by atoms with Crippen molar-refractivity contribution in [2.24, 2.45) is 0 Å². The number of benzene rings is 1. The van der Waals surface area contributed by atoms with Gasteiger partial charge in [-0.1, -0.05) is 24.8 Å². The molecule has 1 aromatic rings. The first-order chi connectivity index (χ1) is 8.04. The molecule has 0 radical (unpaired) electrons. The minimum absolute atomic E-state index is 0.0101. The summed E-state index contributed by atoms with van der Waals surface area (Å²) in [4.78, 5) is 11.6. The van der Waals surface area contributed by atoms with Crippen LogP contribution in [0.4, 0.5) is 5.69 Å². The molecule has 0 fully saturated rings. The lowest BCUT2D eigenvalue weighted by Gasteiger charge is -2.13. The number of nitrogens with one attached hydrogen (secondary N) is 2. The highest BCUT2D eigenvalue weighted by atomic mass is 16.1. The fourth-order valence-corrected chi connectivity index (χ4v) is 1.67. The van der Waals surface area contributed by atoms with Gasteiger partial charge in [0, 0.05) is 24.3 Å². The molecule has 0 aliphatic heterocycles. The number of anilines is 1. The van der Waals surface area contributed by atoms with Gasteiger partial charge < -0.3 is 10.6 Å². The minimum atomic E-state index is 0.0101. The largest absolute Gasteiger partial charge is 0.388 e. The van der Waals surface area contributed by atoms with Gasteiger partial charge in [0.1, 0.15) is 0 Å². The number of para-hydroxylation sites is 1.